The van der Waals surface area contributed by atoms with Gasteiger partial charge in [-0.3, -0.25) is 4.68 Å². The standard InChI is InChI=1S/C16H20N6S/c1-11-3-5-12(6-4-11)10-23-8-7-18-16-20-14(17)13-9-19-22(2)15(13)21-16/h3-6,9H,7-8,10H2,1-2H3,(H3,17,18,20,21). The van der Waals surface area contributed by atoms with E-state index in [2.05, 4.69) is 51.6 Å². The van der Waals surface area contributed by atoms with Crippen molar-refractivity contribution < 1.29 is 0 Å². The summed E-state index contributed by atoms with van der Waals surface area (Å²) < 4.78 is 1.70. The van der Waals surface area contributed by atoms with Crippen molar-refractivity contribution in [1.29, 1.82) is 0 Å². The molecule has 0 bridgehead atoms. The fraction of sp³-hybridized carbons (Fsp3) is 0.312. The summed E-state index contributed by atoms with van der Waals surface area (Å²) in [5.41, 5.74) is 9.32. The highest BCUT2D eigenvalue weighted by molar-refractivity contribution is 7.98. The molecule has 3 N–H and O–H groups in total. The summed E-state index contributed by atoms with van der Waals surface area (Å²) in [6, 6.07) is 8.65. The molecular weight excluding hydrogens is 308 g/mol. The van der Waals surface area contributed by atoms with Gasteiger partial charge >= 0.3 is 0 Å². The van der Waals surface area contributed by atoms with Gasteiger partial charge in [-0.25, -0.2) is 0 Å². The number of rotatable bonds is 6. The quantitative estimate of drug-likeness (QED) is 0.677. The molecule has 0 aliphatic rings. The number of fused-ring (bicyclic) bond motifs is 1. The van der Waals surface area contributed by atoms with Gasteiger partial charge in [0.25, 0.3) is 0 Å². The Morgan fingerprint density at radius 3 is 2.78 bits per heavy atom. The lowest BCUT2D eigenvalue weighted by molar-refractivity contribution is 0.785. The van der Waals surface area contributed by atoms with E-state index in [-0.39, 0.29) is 0 Å². The van der Waals surface area contributed by atoms with Crippen LogP contribution in [0, 0.1) is 6.92 Å². The highest BCUT2D eigenvalue weighted by Crippen LogP contribution is 2.18. The summed E-state index contributed by atoms with van der Waals surface area (Å²) >= 11 is 1.88. The van der Waals surface area contributed by atoms with Crippen molar-refractivity contribution >= 4 is 34.6 Å². The Morgan fingerprint density at radius 2 is 2.00 bits per heavy atom. The van der Waals surface area contributed by atoms with Crippen LogP contribution in [-0.4, -0.2) is 32.0 Å². The predicted octanol–water partition coefficient (Wildman–Crippen LogP) is 2.60. The number of hydrogen-bond donors (Lipinski definition) is 2. The lowest BCUT2D eigenvalue weighted by atomic mass is 10.2. The summed E-state index contributed by atoms with van der Waals surface area (Å²) in [5.74, 6) is 2.99. The van der Waals surface area contributed by atoms with Crippen LogP contribution in [0.3, 0.4) is 0 Å². The maximum Gasteiger partial charge on any atom is 0.226 e. The van der Waals surface area contributed by atoms with Crippen LogP contribution < -0.4 is 11.1 Å². The summed E-state index contributed by atoms with van der Waals surface area (Å²) in [5, 5.41) is 8.16. The molecule has 0 amide bonds. The Hall–Kier alpha value is -2.28. The van der Waals surface area contributed by atoms with Gasteiger partial charge in [0.2, 0.25) is 5.95 Å². The molecule has 2 heterocycles. The van der Waals surface area contributed by atoms with E-state index in [1.165, 1.54) is 11.1 Å². The lowest BCUT2D eigenvalue weighted by Crippen LogP contribution is -2.09. The van der Waals surface area contributed by atoms with Gasteiger partial charge in [-0.05, 0) is 12.5 Å². The monoisotopic (exact) mass is 328 g/mol. The number of hydrogen-bond acceptors (Lipinski definition) is 6. The van der Waals surface area contributed by atoms with E-state index in [1.54, 1.807) is 10.9 Å². The Balaban J connectivity index is 1.50. The molecule has 0 fully saturated rings. The minimum absolute atomic E-state index is 0.456. The van der Waals surface area contributed by atoms with E-state index in [0.717, 1.165) is 29.1 Å². The fourth-order valence-corrected chi connectivity index (χ4v) is 3.05. The van der Waals surface area contributed by atoms with Gasteiger partial charge in [0.1, 0.15) is 5.82 Å². The zero-order valence-corrected chi connectivity index (χ0v) is 14.1. The van der Waals surface area contributed by atoms with E-state index < -0.39 is 0 Å². The molecule has 120 valence electrons. The highest BCUT2D eigenvalue weighted by atomic mass is 32.2. The van der Waals surface area contributed by atoms with Gasteiger partial charge < -0.3 is 11.1 Å². The molecule has 3 aromatic rings. The average Bonchev–Trinajstić information content (AvgIpc) is 2.91. The molecule has 0 aliphatic carbocycles. The number of aromatic nitrogens is 4. The largest absolute Gasteiger partial charge is 0.383 e. The van der Waals surface area contributed by atoms with Crippen LogP contribution >= 0.6 is 11.8 Å². The number of nitrogens with zero attached hydrogens (tertiary/aromatic N) is 4. The Bertz CT molecular complexity index is 796. The summed E-state index contributed by atoms with van der Waals surface area (Å²) in [6.45, 7) is 2.89. The van der Waals surface area contributed by atoms with E-state index in [9.17, 15) is 0 Å². The molecule has 0 spiro atoms. The van der Waals surface area contributed by atoms with Gasteiger partial charge in [-0.2, -0.15) is 26.8 Å². The van der Waals surface area contributed by atoms with Gasteiger partial charge in [-0.15, -0.1) is 0 Å². The van der Waals surface area contributed by atoms with Crippen LogP contribution in [0.2, 0.25) is 0 Å². The van der Waals surface area contributed by atoms with Crippen LogP contribution in [0.4, 0.5) is 11.8 Å². The summed E-state index contributed by atoms with van der Waals surface area (Å²) in [7, 11) is 1.84. The number of nitrogen functional groups attached to an aromatic ring is 1. The molecule has 23 heavy (non-hydrogen) atoms. The van der Waals surface area contributed by atoms with Gasteiger partial charge in [0.05, 0.1) is 11.6 Å². The van der Waals surface area contributed by atoms with Crippen LogP contribution in [0.5, 0.6) is 0 Å². The predicted molar refractivity (Wildman–Crippen MR) is 96.5 cm³/mol. The SMILES string of the molecule is Cc1ccc(CSCCNc2nc(N)c3cnn(C)c3n2)cc1. The second-order valence-electron chi connectivity index (χ2n) is 5.40. The van der Waals surface area contributed by atoms with Crippen LogP contribution in [0.1, 0.15) is 11.1 Å². The first kappa shape index (κ1) is 15.6. The van der Waals surface area contributed by atoms with Gasteiger partial charge in [0, 0.05) is 25.1 Å². The molecule has 0 unspecified atom stereocenters. The fourth-order valence-electron chi connectivity index (χ4n) is 2.23. The van der Waals surface area contributed by atoms with Gasteiger partial charge in [0.15, 0.2) is 5.65 Å². The molecule has 2 aromatic heterocycles. The third-order valence-corrected chi connectivity index (χ3v) is 4.57. The molecule has 0 atom stereocenters. The number of nitrogens with two attached hydrogens (primary N) is 1. The molecule has 1 aromatic carbocycles. The first-order valence-electron chi connectivity index (χ1n) is 7.46. The van der Waals surface area contributed by atoms with Crippen molar-refractivity contribution in [2.24, 2.45) is 7.05 Å². The normalized spacial score (nSPS) is 11.0. The number of nitrogens with one attached hydrogen (secondary N) is 1. The smallest absolute Gasteiger partial charge is 0.226 e. The molecule has 6 nitrogen and oxygen atoms in total. The lowest BCUT2D eigenvalue weighted by Gasteiger charge is -2.06. The second kappa shape index (κ2) is 6.87. The third kappa shape index (κ3) is 3.73. The van der Waals surface area contributed by atoms with Crippen LogP contribution in [-0.2, 0) is 12.8 Å². The van der Waals surface area contributed by atoms with Crippen molar-refractivity contribution in [3.05, 3.63) is 41.6 Å². The van der Waals surface area contributed by atoms with Crippen molar-refractivity contribution in [2.75, 3.05) is 23.3 Å². The van der Waals surface area contributed by atoms with Crippen LogP contribution in [0.25, 0.3) is 11.0 Å². The zero-order chi connectivity index (χ0) is 16.2. The minimum atomic E-state index is 0.456. The van der Waals surface area contributed by atoms with Crippen molar-refractivity contribution in [2.45, 2.75) is 12.7 Å². The number of anilines is 2. The summed E-state index contributed by atoms with van der Waals surface area (Å²) in [4.78, 5) is 8.72. The first-order valence-corrected chi connectivity index (χ1v) is 8.61. The maximum absolute atomic E-state index is 5.94. The van der Waals surface area contributed by atoms with E-state index in [0.29, 0.717) is 11.8 Å². The topological polar surface area (TPSA) is 81.6 Å². The second-order valence-corrected chi connectivity index (χ2v) is 6.51. The van der Waals surface area contributed by atoms with Gasteiger partial charge in [-0.1, -0.05) is 29.8 Å². The Labute approximate surface area is 139 Å². The van der Waals surface area contributed by atoms with E-state index in [1.807, 2.05) is 18.8 Å². The molecule has 3 rings (SSSR count). The molecule has 0 saturated carbocycles. The summed E-state index contributed by atoms with van der Waals surface area (Å²) in [6.07, 6.45) is 1.69. The first-order chi connectivity index (χ1) is 11.1. The van der Waals surface area contributed by atoms with Crippen molar-refractivity contribution in [1.82, 2.24) is 19.7 Å². The van der Waals surface area contributed by atoms with E-state index in [4.69, 9.17) is 5.73 Å². The average molecular weight is 328 g/mol. The van der Waals surface area contributed by atoms with Crippen molar-refractivity contribution in [3.63, 3.8) is 0 Å². The number of aryl methyl sites for hydroxylation is 2. The molecule has 7 heteroatoms. The third-order valence-electron chi connectivity index (χ3n) is 3.54. The Kier molecular flexibility index (Phi) is 4.66. The molecular formula is C16H20N6S. The zero-order valence-electron chi connectivity index (χ0n) is 13.3. The number of thioether (sulfide) groups is 1. The Morgan fingerprint density at radius 1 is 1.22 bits per heavy atom. The minimum Gasteiger partial charge on any atom is -0.383 e. The number of benzene rings is 1. The van der Waals surface area contributed by atoms with Crippen molar-refractivity contribution in [3.8, 4) is 0 Å². The molecule has 0 saturated heterocycles. The van der Waals surface area contributed by atoms with Crippen LogP contribution in [0.15, 0.2) is 30.5 Å². The molecule has 0 aliphatic heterocycles. The van der Waals surface area contributed by atoms with E-state index >= 15 is 0 Å². The molecule has 0 radical (unpaired) electrons. The highest BCUT2D eigenvalue weighted by Gasteiger charge is 2.08. The maximum atomic E-state index is 5.94.